The van der Waals surface area contributed by atoms with Gasteiger partial charge in [-0.1, -0.05) is 11.6 Å². The zero-order valence-corrected chi connectivity index (χ0v) is 20.4. The molecule has 36 heavy (non-hydrogen) atoms. The molecule has 0 amide bonds. The monoisotopic (exact) mass is 527 g/mol. The fraction of sp³-hybridized carbons (Fsp3) is 0.208. The third-order valence-electron chi connectivity index (χ3n) is 5.92. The number of rotatable bonds is 5. The highest BCUT2D eigenvalue weighted by Gasteiger charge is 2.29. The number of imidazole rings is 1. The zero-order chi connectivity index (χ0) is 25.0. The van der Waals surface area contributed by atoms with Crippen molar-refractivity contribution >= 4 is 51.3 Å². The summed E-state index contributed by atoms with van der Waals surface area (Å²) in [5.41, 5.74) is 3.67. The molecule has 0 radical (unpaired) electrons. The van der Waals surface area contributed by atoms with Crippen molar-refractivity contribution in [2.45, 2.75) is 29.8 Å². The molecule has 0 spiro atoms. The summed E-state index contributed by atoms with van der Waals surface area (Å²) in [4.78, 5) is 27.6. The van der Waals surface area contributed by atoms with Gasteiger partial charge in [0, 0.05) is 41.9 Å². The molecular formula is C24H19ClFN5O4S. The third-order valence-corrected chi connectivity index (χ3v) is 7.02. The molecule has 0 saturated carbocycles. The number of carbonyl (C=O) groups is 1. The Kier molecular flexibility index (Phi) is 5.72. The van der Waals surface area contributed by atoms with E-state index in [2.05, 4.69) is 25.3 Å². The molecule has 5 heterocycles. The molecule has 1 aliphatic heterocycles. The van der Waals surface area contributed by atoms with Crippen LogP contribution in [0.2, 0.25) is 5.02 Å². The molecule has 4 aromatic heterocycles. The number of aromatic amines is 2. The lowest BCUT2D eigenvalue weighted by Gasteiger charge is -2.24. The largest absolute Gasteiger partial charge is 0.461 e. The van der Waals surface area contributed by atoms with E-state index in [1.165, 1.54) is 23.9 Å². The fourth-order valence-corrected chi connectivity index (χ4v) is 5.31. The van der Waals surface area contributed by atoms with Crippen LogP contribution in [0.1, 0.15) is 34.8 Å². The summed E-state index contributed by atoms with van der Waals surface area (Å²) < 4.78 is 25.1. The van der Waals surface area contributed by atoms with Gasteiger partial charge in [-0.3, -0.25) is 0 Å². The average molecular weight is 528 g/mol. The van der Waals surface area contributed by atoms with Crippen molar-refractivity contribution in [1.29, 1.82) is 0 Å². The average Bonchev–Trinajstić information content (AvgIpc) is 3.57. The number of aliphatic hydroxyl groups is 1. The molecule has 6 rings (SSSR count). The van der Waals surface area contributed by atoms with Gasteiger partial charge in [0.15, 0.2) is 15.9 Å². The molecule has 0 aliphatic carbocycles. The molecular weight excluding hydrogens is 509 g/mol. The number of aromatic nitrogens is 4. The summed E-state index contributed by atoms with van der Waals surface area (Å²) in [6.45, 7) is 2.77. The van der Waals surface area contributed by atoms with Crippen molar-refractivity contribution in [2.24, 2.45) is 0 Å². The van der Waals surface area contributed by atoms with E-state index in [1.807, 2.05) is 0 Å². The molecule has 4 N–H and O–H groups in total. The van der Waals surface area contributed by atoms with E-state index in [-0.39, 0.29) is 17.3 Å². The zero-order valence-electron chi connectivity index (χ0n) is 18.8. The van der Waals surface area contributed by atoms with Crippen LogP contribution in [0.25, 0.3) is 33.3 Å². The van der Waals surface area contributed by atoms with Gasteiger partial charge in [0.25, 0.3) is 0 Å². The lowest BCUT2D eigenvalue weighted by atomic mass is 9.93. The Hall–Kier alpha value is -3.38. The number of nitrogens with zero attached hydrogens (tertiary/aromatic N) is 2. The van der Waals surface area contributed by atoms with Gasteiger partial charge in [-0.25, -0.2) is 19.2 Å². The first kappa shape index (κ1) is 23.0. The maximum atomic E-state index is 13.8. The van der Waals surface area contributed by atoms with Crippen LogP contribution in [0.5, 0.6) is 0 Å². The first-order chi connectivity index (χ1) is 17.4. The van der Waals surface area contributed by atoms with E-state index in [9.17, 15) is 14.3 Å². The lowest BCUT2D eigenvalue weighted by molar-refractivity contribution is 0.0522. The molecule has 1 unspecified atom stereocenters. The maximum Gasteiger partial charge on any atom is 0.357 e. The van der Waals surface area contributed by atoms with Gasteiger partial charge in [-0.15, -0.1) is 0 Å². The van der Waals surface area contributed by atoms with E-state index in [0.29, 0.717) is 67.9 Å². The maximum absolute atomic E-state index is 13.8. The van der Waals surface area contributed by atoms with Crippen molar-refractivity contribution in [3.8, 4) is 11.3 Å². The van der Waals surface area contributed by atoms with Crippen molar-refractivity contribution < 1.29 is 23.4 Å². The Labute approximate surface area is 212 Å². The summed E-state index contributed by atoms with van der Waals surface area (Å²) in [6.07, 6.45) is 0.865. The summed E-state index contributed by atoms with van der Waals surface area (Å²) in [5, 5.41) is 15.6. The van der Waals surface area contributed by atoms with Crippen LogP contribution in [-0.2, 0) is 11.3 Å². The first-order valence-corrected chi connectivity index (χ1v) is 12.3. The molecule has 1 aliphatic rings. The van der Waals surface area contributed by atoms with Crippen LogP contribution in [-0.4, -0.2) is 44.2 Å². The second kappa shape index (κ2) is 8.93. The number of benzene rings is 1. The second-order valence-electron chi connectivity index (χ2n) is 8.19. The molecule has 12 heteroatoms. The molecule has 1 atom stereocenters. The minimum Gasteiger partial charge on any atom is -0.461 e. The van der Waals surface area contributed by atoms with Crippen molar-refractivity contribution in [3.05, 3.63) is 58.3 Å². The van der Waals surface area contributed by atoms with Gasteiger partial charge in [0.1, 0.15) is 17.1 Å². The van der Waals surface area contributed by atoms with Crippen LogP contribution in [0.3, 0.4) is 0 Å². The summed E-state index contributed by atoms with van der Waals surface area (Å²) in [6, 6.07) is 6.33. The number of furan rings is 1. The number of H-pyrrole nitrogens is 2. The minimum atomic E-state index is -0.808. The first-order valence-electron chi connectivity index (χ1n) is 11.2. The topological polar surface area (TPSA) is 129 Å². The van der Waals surface area contributed by atoms with Gasteiger partial charge < -0.3 is 29.5 Å². The second-order valence-corrected chi connectivity index (χ2v) is 9.59. The van der Waals surface area contributed by atoms with Gasteiger partial charge >= 0.3 is 5.97 Å². The standard InChI is InChI=1S/C24H19ClFN5O4S/c1-2-34-23(33)22-21-10(7-28-22)19(20-15(29-21)8-27-9-16(20)32)17-3-4-18(35-17)36-24-30-13-5-11(25)12(26)6-14(13)31-24/h3-7,16,27-28,32H,2,8-9H2,1H3,(H,30,31). The Balaban J connectivity index is 1.43. The fourth-order valence-electron chi connectivity index (χ4n) is 4.39. The highest BCUT2D eigenvalue weighted by Crippen LogP contribution is 2.41. The number of esters is 1. The quantitative estimate of drug-likeness (QED) is 0.236. The molecule has 5 aromatic rings. The van der Waals surface area contributed by atoms with Crippen molar-refractivity contribution in [1.82, 2.24) is 25.3 Å². The normalized spacial score (nSPS) is 15.5. The number of ether oxygens (including phenoxy) is 1. The number of hydrogen-bond donors (Lipinski definition) is 4. The predicted octanol–water partition coefficient (Wildman–Crippen LogP) is 4.96. The van der Waals surface area contributed by atoms with Gasteiger partial charge in [-0.2, -0.15) is 0 Å². The minimum absolute atomic E-state index is 0.000879. The number of nitrogens with one attached hydrogen (secondary N) is 3. The van der Waals surface area contributed by atoms with Crippen LogP contribution < -0.4 is 5.32 Å². The number of fused-ring (bicyclic) bond motifs is 3. The summed E-state index contributed by atoms with van der Waals surface area (Å²) in [7, 11) is 0. The highest BCUT2D eigenvalue weighted by atomic mass is 35.5. The van der Waals surface area contributed by atoms with Crippen LogP contribution >= 0.6 is 23.4 Å². The highest BCUT2D eigenvalue weighted by molar-refractivity contribution is 7.99. The van der Waals surface area contributed by atoms with E-state index in [1.54, 1.807) is 25.3 Å². The number of pyridine rings is 1. The number of carbonyl (C=O) groups excluding carboxylic acids is 1. The summed E-state index contributed by atoms with van der Waals surface area (Å²) >= 11 is 7.10. The Bertz CT molecular complexity index is 1610. The van der Waals surface area contributed by atoms with E-state index < -0.39 is 17.9 Å². The Morgan fingerprint density at radius 1 is 1.36 bits per heavy atom. The van der Waals surface area contributed by atoms with E-state index in [0.717, 1.165) is 0 Å². The molecule has 9 nitrogen and oxygen atoms in total. The van der Waals surface area contributed by atoms with Gasteiger partial charge in [0.2, 0.25) is 0 Å². The summed E-state index contributed by atoms with van der Waals surface area (Å²) in [5.74, 6) is -0.535. The molecule has 184 valence electrons. The number of hydrogen-bond acceptors (Lipinski definition) is 8. The third kappa shape index (κ3) is 3.84. The van der Waals surface area contributed by atoms with Crippen molar-refractivity contribution in [2.75, 3.05) is 13.2 Å². The molecule has 0 saturated heterocycles. The Morgan fingerprint density at radius 3 is 3.06 bits per heavy atom. The number of β-amino-alcohol motifs (C(OH)–C–C–N with tert-alkyl or cyclic N) is 1. The SMILES string of the molecule is CCOC(=O)c1[nH]cc2c(-c3ccc(Sc4nc5cc(Cl)c(F)cc5[nH]4)o3)c3c(nc12)CNCC3O. The smallest absolute Gasteiger partial charge is 0.357 e. The number of halogens is 2. The van der Waals surface area contributed by atoms with Crippen molar-refractivity contribution in [3.63, 3.8) is 0 Å². The van der Waals surface area contributed by atoms with Crippen LogP contribution in [0, 0.1) is 5.82 Å². The number of aliphatic hydroxyl groups excluding tert-OH is 1. The molecule has 1 aromatic carbocycles. The van der Waals surface area contributed by atoms with Gasteiger partial charge in [0.05, 0.1) is 34.5 Å². The van der Waals surface area contributed by atoms with Gasteiger partial charge in [-0.05, 0) is 36.9 Å². The van der Waals surface area contributed by atoms with Crippen LogP contribution in [0.15, 0.2) is 45.1 Å². The molecule has 0 bridgehead atoms. The predicted molar refractivity (Wildman–Crippen MR) is 132 cm³/mol. The van der Waals surface area contributed by atoms with E-state index in [4.69, 9.17) is 20.8 Å². The van der Waals surface area contributed by atoms with Crippen LogP contribution in [0.4, 0.5) is 4.39 Å². The van der Waals surface area contributed by atoms with E-state index >= 15 is 0 Å². The molecule has 0 fully saturated rings. The lowest BCUT2D eigenvalue weighted by Crippen LogP contribution is -2.29. The Morgan fingerprint density at radius 2 is 2.22 bits per heavy atom.